The molecule has 1 heterocycles. The SMILES string of the molecule is COc1ccc(C(=O)N2CC[C@@H](N)C[C@H]2C)cc1-c1ccccc1. The number of nitrogens with two attached hydrogens (primary N) is 1. The number of rotatable bonds is 3. The van der Waals surface area contributed by atoms with Crippen molar-refractivity contribution in [3.8, 4) is 16.9 Å². The molecule has 1 amide bonds. The molecule has 2 N–H and O–H groups in total. The van der Waals surface area contributed by atoms with Crippen LogP contribution in [0.1, 0.15) is 30.1 Å². The number of hydrogen-bond donors (Lipinski definition) is 1. The van der Waals surface area contributed by atoms with E-state index in [0.717, 1.165) is 29.7 Å². The van der Waals surface area contributed by atoms with Crippen LogP contribution in [0.3, 0.4) is 0 Å². The number of amides is 1. The van der Waals surface area contributed by atoms with Gasteiger partial charge in [-0.1, -0.05) is 30.3 Å². The smallest absolute Gasteiger partial charge is 0.254 e. The molecule has 0 aliphatic carbocycles. The van der Waals surface area contributed by atoms with Crippen LogP contribution in [0.5, 0.6) is 5.75 Å². The number of methoxy groups -OCH3 is 1. The maximum absolute atomic E-state index is 12.9. The summed E-state index contributed by atoms with van der Waals surface area (Å²) in [6.07, 6.45) is 1.71. The molecule has 1 fully saturated rings. The van der Waals surface area contributed by atoms with E-state index in [4.69, 9.17) is 10.5 Å². The van der Waals surface area contributed by atoms with E-state index in [9.17, 15) is 4.79 Å². The van der Waals surface area contributed by atoms with E-state index in [1.807, 2.05) is 53.4 Å². The Morgan fingerprint density at radius 2 is 1.96 bits per heavy atom. The molecule has 126 valence electrons. The van der Waals surface area contributed by atoms with Crippen molar-refractivity contribution in [2.75, 3.05) is 13.7 Å². The van der Waals surface area contributed by atoms with Crippen LogP contribution in [0.2, 0.25) is 0 Å². The Morgan fingerprint density at radius 3 is 2.62 bits per heavy atom. The number of benzene rings is 2. The molecule has 1 aliphatic rings. The Bertz CT molecular complexity index is 715. The summed E-state index contributed by atoms with van der Waals surface area (Å²) in [5.41, 5.74) is 8.68. The van der Waals surface area contributed by atoms with Crippen LogP contribution in [0.25, 0.3) is 11.1 Å². The van der Waals surface area contributed by atoms with Gasteiger partial charge in [-0.3, -0.25) is 4.79 Å². The minimum Gasteiger partial charge on any atom is -0.496 e. The van der Waals surface area contributed by atoms with Gasteiger partial charge in [-0.15, -0.1) is 0 Å². The van der Waals surface area contributed by atoms with Gasteiger partial charge >= 0.3 is 0 Å². The summed E-state index contributed by atoms with van der Waals surface area (Å²) in [4.78, 5) is 14.9. The molecule has 0 spiro atoms. The van der Waals surface area contributed by atoms with Gasteiger partial charge in [-0.25, -0.2) is 0 Å². The molecule has 3 rings (SSSR count). The van der Waals surface area contributed by atoms with Crippen LogP contribution in [0.4, 0.5) is 0 Å². The maximum Gasteiger partial charge on any atom is 0.254 e. The first-order valence-corrected chi connectivity index (χ1v) is 8.40. The van der Waals surface area contributed by atoms with Crippen molar-refractivity contribution < 1.29 is 9.53 Å². The van der Waals surface area contributed by atoms with Gasteiger partial charge in [0.25, 0.3) is 5.91 Å². The van der Waals surface area contributed by atoms with Crippen LogP contribution >= 0.6 is 0 Å². The van der Waals surface area contributed by atoms with E-state index in [1.54, 1.807) is 7.11 Å². The number of carbonyl (C=O) groups excluding carboxylic acids is 1. The molecule has 0 bridgehead atoms. The average molecular weight is 324 g/mol. The second kappa shape index (κ2) is 7.05. The van der Waals surface area contributed by atoms with Gasteiger partial charge in [0, 0.05) is 29.8 Å². The molecular formula is C20H24N2O2. The molecule has 4 nitrogen and oxygen atoms in total. The summed E-state index contributed by atoms with van der Waals surface area (Å²) in [5.74, 6) is 0.834. The lowest BCUT2D eigenvalue weighted by atomic mass is 9.97. The van der Waals surface area contributed by atoms with Gasteiger partial charge in [0.2, 0.25) is 0 Å². The van der Waals surface area contributed by atoms with Crippen molar-refractivity contribution in [2.24, 2.45) is 5.73 Å². The highest BCUT2D eigenvalue weighted by Crippen LogP contribution is 2.31. The Morgan fingerprint density at radius 1 is 1.21 bits per heavy atom. The number of piperidine rings is 1. The van der Waals surface area contributed by atoms with E-state index in [-0.39, 0.29) is 18.0 Å². The first-order valence-electron chi connectivity index (χ1n) is 8.40. The topological polar surface area (TPSA) is 55.6 Å². The van der Waals surface area contributed by atoms with Crippen LogP contribution in [-0.4, -0.2) is 36.5 Å². The lowest BCUT2D eigenvalue weighted by Gasteiger charge is -2.36. The summed E-state index contributed by atoms with van der Waals surface area (Å²) in [6, 6.07) is 16.0. The lowest BCUT2D eigenvalue weighted by molar-refractivity contribution is 0.0619. The van der Waals surface area contributed by atoms with Crippen molar-refractivity contribution in [1.29, 1.82) is 0 Å². The average Bonchev–Trinajstić information content (AvgIpc) is 2.61. The molecule has 0 saturated carbocycles. The maximum atomic E-state index is 12.9. The second-order valence-electron chi connectivity index (χ2n) is 6.41. The van der Waals surface area contributed by atoms with E-state index in [2.05, 4.69) is 6.92 Å². The number of likely N-dealkylation sites (tertiary alicyclic amines) is 1. The summed E-state index contributed by atoms with van der Waals surface area (Å²) >= 11 is 0. The van der Waals surface area contributed by atoms with Crippen LogP contribution in [0, 0.1) is 0 Å². The fourth-order valence-corrected chi connectivity index (χ4v) is 3.36. The lowest BCUT2D eigenvalue weighted by Crippen LogP contribution is -2.48. The molecule has 4 heteroatoms. The normalized spacial score (nSPS) is 20.7. The number of hydrogen-bond acceptors (Lipinski definition) is 3. The molecule has 0 radical (unpaired) electrons. The highest BCUT2D eigenvalue weighted by atomic mass is 16.5. The highest BCUT2D eigenvalue weighted by Gasteiger charge is 2.28. The largest absolute Gasteiger partial charge is 0.496 e. The Kier molecular flexibility index (Phi) is 4.86. The minimum absolute atomic E-state index is 0.0641. The summed E-state index contributed by atoms with van der Waals surface area (Å²) in [6.45, 7) is 2.78. The third-order valence-electron chi connectivity index (χ3n) is 4.71. The fourth-order valence-electron chi connectivity index (χ4n) is 3.36. The molecule has 0 aromatic heterocycles. The van der Waals surface area contributed by atoms with Crippen molar-refractivity contribution in [3.05, 3.63) is 54.1 Å². The molecule has 24 heavy (non-hydrogen) atoms. The van der Waals surface area contributed by atoms with Crippen molar-refractivity contribution >= 4 is 5.91 Å². The minimum atomic E-state index is 0.0641. The second-order valence-corrected chi connectivity index (χ2v) is 6.41. The molecule has 1 saturated heterocycles. The predicted octanol–water partition coefficient (Wildman–Crippen LogP) is 3.31. The van der Waals surface area contributed by atoms with E-state index in [1.165, 1.54) is 0 Å². The summed E-state index contributed by atoms with van der Waals surface area (Å²) < 4.78 is 5.47. The zero-order valence-electron chi connectivity index (χ0n) is 14.2. The van der Waals surface area contributed by atoms with Gasteiger partial charge in [-0.2, -0.15) is 0 Å². The predicted molar refractivity (Wildman–Crippen MR) is 96.1 cm³/mol. The molecule has 0 unspecified atom stereocenters. The zero-order chi connectivity index (χ0) is 17.1. The monoisotopic (exact) mass is 324 g/mol. The van der Waals surface area contributed by atoms with Gasteiger partial charge in [0.1, 0.15) is 5.75 Å². The van der Waals surface area contributed by atoms with E-state index >= 15 is 0 Å². The third kappa shape index (κ3) is 3.29. The highest BCUT2D eigenvalue weighted by molar-refractivity contribution is 5.96. The molecule has 2 atom stereocenters. The Hall–Kier alpha value is -2.33. The summed E-state index contributed by atoms with van der Waals surface area (Å²) in [5, 5.41) is 0. The van der Waals surface area contributed by atoms with Crippen molar-refractivity contribution in [2.45, 2.75) is 31.8 Å². The number of nitrogens with zero attached hydrogens (tertiary/aromatic N) is 1. The molecule has 1 aliphatic heterocycles. The third-order valence-corrected chi connectivity index (χ3v) is 4.71. The standard InChI is InChI=1S/C20H24N2O2/c1-14-12-17(21)10-11-22(14)20(23)16-8-9-19(24-2)18(13-16)15-6-4-3-5-7-15/h3-9,13-14,17H,10-12,21H2,1-2H3/t14-,17-/m1/s1. The fraction of sp³-hybridized carbons (Fsp3) is 0.350. The quantitative estimate of drug-likeness (QED) is 0.942. The van der Waals surface area contributed by atoms with Crippen LogP contribution < -0.4 is 10.5 Å². The van der Waals surface area contributed by atoms with Gasteiger partial charge in [0.05, 0.1) is 7.11 Å². The van der Waals surface area contributed by atoms with Gasteiger partial charge in [0.15, 0.2) is 0 Å². The van der Waals surface area contributed by atoms with Gasteiger partial charge < -0.3 is 15.4 Å². The van der Waals surface area contributed by atoms with Crippen LogP contribution in [-0.2, 0) is 0 Å². The molecular weight excluding hydrogens is 300 g/mol. The van der Waals surface area contributed by atoms with E-state index in [0.29, 0.717) is 12.1 Å². The van der Waals surface area contributed by atoms with Gasteiger partial charge in [-0.05, 0) is 43.5 Å². The summed E-state index contributed by atoms with van der Waals surface area (Å²) in [7, 11) is 1.65. The van der Waals surface area contributed by atoms with Crippen LogP contribution in [0.15, 0.2) is 48.5 Å². The van der Waals surface area contributed by atoms with E-state index < -0.39 is 0 Å². The first-order chi connectivity index (χ1) is 11.6. The first kappa shape index (κ1) is 16.5. The number of ether oxygens (including phenoxy) is 1. The molecule has 2 aromatic rings. The van der Waals surface area contributed by atoms with Crippen molar-refractivity contribution in [1.82, 2.24) is 4.90 Å². The molecule has 2 aromatic carbocycles. The number of carbonyl (C=O) groups is 1. The Balaban J connectivity index is 1.93. The zero-order valence-corrected chi connectivity index (χ0v) is 14.2. The van der Waals surface area contributed by atoms with Crippen molar-refractivity contribution in [3.63, 3.8) is 0 Å². The Labute approximate surface area is 143 Å².